The summed E-state index contributed by atoms with van der Waals surface area (Å²) < 4.78 is 47.3. The van der Waals surface area contributed by atoms with Crippen LogP contribution in [0.5, 0.6) is 11.5 Å². The second-order valence-corrected chi connectivity index (χ2v) is 7.07. The smallest absolute Gasteiger partial charge is 0.262 e. The molecule has 10 heteroatoms. The number of amides is 1. The van der Waals surface area contributed by atoms with E-state index in [0.29, 0.717) is 34.2 Å². The average Bonchev–Trinajstić information content (AvgIpc) is 3.24. The van der Waals surface area contributed by atoms with Crippen LogP contribution in [0, 0.1) is 5.82 Å². The number of carbonyl (C=O) groups excluding carboxylic acids is 1. The number of nitrogens with zero attached hydrogens (tertiary/aromatic N) is 5. The highest BCUT2D eigenvalue weighted by Crippen LogP contribution is 2.37. The normalized spacial score (nSPS) is 19.4. The summed E-state index contributed by atoms with van der Waals surface area (Å²) >= 11 is 0. The maximum absolute atomic E-state index is 13.8. The van der Waals surface area contributed by atoms with Gasteiger partial charge in [0.05, 0.1) is 24.4 Å². The van der Waals surface area contributed by atoms with Gasteiger partial charge >= 0.3 is 0 Å². The number of halogens is 1. The molecule has 1 aromatic heterocycles. The summed E-state index contributed by atoms with van der Waals surface area (Å²) in [5.41, 5.74) is 2.13. The molecule has 0 bridgehead atoms. The summed E-state index contributed by atoms with van der Waals surface area (Å²) in [5, 5.41) is 14.3. The minimum atomic E-state index is -2.52. The van der Waals surface area contributed by atoms with Crippen LogP contribution in [0.4, 0.5) is 15.8 Å². The van der Waals surface area contributed by atoms with E-state index >= 15 is 0 Å². The van der Waals surface area contributed by atoms with E-state index in [9.17, 15) is 9.18 Å². The quantitative estimate of drug-likeness (QED) is 0.696. The van der Waals surface area contributed by atoms with E-state index in [1.165, 1.54) is 12.1 Å². The third kappa shape index (κ3) is 3.51. The monoisotopic (exact) mass is 413 g/mol. The van der Waals surface area contributed by atoms with Crippen molar-refractivity contribution in [3.63, 3.8) is 0 Å². The highest BCUT2D eigenvalue weighted by Gasteiger charge is 2.30. The number of hydrogen-bond donors (Lipinski definition) is 1. The Labute approximate surface area is 175 Å². The molecule has 1 atom stereocenters. The number of ether oxygens (including phenoxy) is 2. The van der Waals surface area contributed by atoms with Crippen molar-refractivity contribution in [3.8, 4) is 11.5 Å². The topological polar surface area (TPSA) is 94.4 Å². The number of fused-ring (bicyclic) bond motifs is 2. The first-order chi connectivity index (χ1) is 15.8. The number of aromatic nitrogens is 4. The molecular formula is C20H19FN6O3. The van der Waals surface area contributed by atoms with Gasteiger partial charge in [-0.3, -0.25) is 4.79 Å². The van der Waals surface area contributed by atoms with E-state index in [1.54, 1.807) is 12.1 Å². The van der Waals surface area contributed by atoms with Gasteiger partial charge in [0.25, 0.3) is 5.91 Å². The maximum atomic E-state index is 13.8. The van der Waals surface area contributed by atoms with Crippen molar-refractivity contribution in [3.05, 3.63) is 53.6 Å². The van der Waals surface area contributed by atoms with Crippen LogP contribution in [0.2, 0.25) is 0 Å². The minimum absolute atomic E-state index is 0.0270. The molecule has 154 valence electrons. The Morgan fingerprint density at radius 3 is 3.07 bits per heavy atom. The predicted molar refractivity (Wildman–Crippen MR) is 105 cm³/mol. The van der Waals surface area contributed by atoms with Gasteiger partial charge in [-0.2, -0.15) is 4.80 Å². The Morgan fingerprint density at radius 2 is 2.20 bits per heavy atom. The van der Waals surface area contributed by atoms with Crippen molar-refractivity contribution >= 4 is 17.3 Å². The zero-order valence-electron chi connectivity index (χ0n) is 18.7. The summed E-state index contributed by atoms with van der Waals surface area (Å²) in [7, 11) is 0. The number of anilines is 2. The number of tetrazole rings is 1. The average molecular weight is 413 g/mol. The van der Waals surface area contributed by atoms with E-state index in [4.69, 9.17) is 13.6 Å². The van der Waals surface area contributed by atoms with Crippen LogP contribution >= 0.6 is 0 Å². The van der Waals surface area contributed by atoms with Gasteiger partial charge < -0.3 is 19.7 Å². The molecule has 2 aliphatic rings. The zero-order valence-corrected chi connectivity index (χ0v) is 15.7. The fourth-order valence-electron chi connectivity index (χ4n) is 3.66. The lowest BCUT2D eigenvalue weighted by atomic mass is 10.1. The number of aryl methyl sites for hydroxylation is 1. The number of rotatable bonds is 4. The van der Waals surface area contributed by atoms with E-state index < -0.39 is 12.8 Å². The van der Waals surface area contributed by atoms with Crippen LogP contribution in [0.1, 0.15) is 15.5 Å². The summed E-state index contributed by atoms with van der Waals surface area (Å²) in [6.07, 6.45) is 0.262. The lowest BCUT2D eigenvalue weighted by molar-refractivity contribution is -0.118. The summed E-state index contributed by atoms with van der Waals surface area (Å²) in [6, 6.07) is 9.52. The van der Waals surface area contributed by atoms with Gasteiger partial charge in [-0.15, -0.1) is 10.2 Å². The van der Waals surface area contributed by atoms with Crippen molar-refractivity contribution in [1.82, 2.24) is 20.2 Å². The molecule has 0 aliphatic carbocycles. The molecular weight excluding hydrogens is 391 g/mol. The number of benzene rings is 2. The molecule has 0 spiro atoms. The molecule has 2 aromatic carbocycles. The lowest BCUT2D eigenvalue weighted by Crippen LogP contribution is -2.44. The van der Waals surface area contributed by atoms with Gasteiger partial charge in [0.2, 0.25) is 0 Å². The molecule has 3 aromatic rings. The van der Waals surface area contributed by atoms with E-state index in [2.05, 4.69) is 20.7 Å². The van der Waals surface area contributed by atoms with Crippen molar-refractivity contribution in [2.75, 3.05) is 23.4 Å². The molecule has 1 N–H and O–H groups in total. The number of hydrogen-bond acceptors (Lipinski definition) is 7. The molecule has 2 aliphatic heterocycles. The van der Waals surface area contributed by atoms with Crippen molar-refractivity contribution in [2.45, 2.75) is 19.0 Å². The van der Waals surface area contributed by atoms with Gasteiger partial charge in [-0.25, -0.2) is 4.39 Å². The Kier molecular flexibility index (Phi) is 3.69. The van der Waals surface area contributed by atoms with Gasteiger partial charge in [0.1, 0.15) is 23.9 Å². The van der Waals surface area contributed by atoms with Crippen LogP contribution in [-0.2, 0) is 24.7 Å². The van der Waals surface area contributed by atoms with E-state index in [1.807, 2.05) is 17.0 Å². The van der Waals surface area contributed by atoms with Gasteiger partial charge in [0.15, 0.2) is 12.4 Å². The van der Waals surface area contributed by atoms with Crippen LogP contribution in [0.3, 0.4) is 0 Å². The van der Waals surface area contributed by atoms with Crippen LogP contribution in [0.25, 0.3) is 0 Å². The highest BCUT2D eigenvalue weighted by atomic mass is 19.1. The standard InChI is InChI=1S/C20H19FN6O3/c1-26-24-19(23-25-26)8-14-10-29-18-7-13(21)3-4-16(18)27(14)9-12-2-5-17-15(6-12)22-20(28)11-30-17/h2-7,14H,8-11H2,1H3,(H,22,28)/t14-/m0/s1/i1D3. The molecule has 9 nitrogen and oxygen atoms in total. The largest absolute Gasteiger partial charge is 0.489 e. The molecule has 5 rings (SSSR count). The Hall–Kier alpha value is -3.69. The van der Waals surface area contributed by atoms with E-state index in [-0.39, 0.29) is 37.4 Å². The third-order valence-corrected chi connectivity index (χ3v) is 5.01. The molecule has 0 fully saturated rings. The van der Waals surface area contributed by atoms with Crippen LogP contribution in [0.15, 0.2) is 36.4 Å². The van der Waals surface area contributed by atoms with Crippen LogP contribution < -0.4 is 19.7 Å². The van der Waals surface area contributed by atoms with Crippen molar-refractivity contribution in [2.24, 2.45) is 6.98 Å². The van der Waals surface area contributed by atoms with Crippen molar-refractivity contribution < 1.29 is 22.8 Å². The first-order valence-corrected chi connectivity index (χ1v) is 9.30. The first-order valence-electron chi connectivity index (χ1n) is 10.8. The Balaban J connectivity index is 1.45. The fourth-order valence-corrected chi connectivity index (χ4v) is 3.66. The third-order valence-electron chi connectivity index (χ3n) is 5.01. The molecule has 0 radical (unpaired) electrons. The lowest BCUT2D eigenvalue weighted by Gasteiger charge is -2.38. The summed E-state index contributed by atoms with van der Waals surface area (Å²) in [6.45, 7) is -1.93. The Bertz CT molecular complexity index is 1220. The van der Waals surface area contributed by atoms with Crippen LogP contribution in [-0.4, -0.2) is 45.4 Å². The van der Waals surface area contributed by atoms with Gasteiger partial charge in [-0.1, -0.05) is 6.07 Å². The minimum Gasteiger partial charge on any atom is -0.489 e. The van der Waals surface area contributed by atoms with E-state index in [0.717, 1.165) is 5.56 Å². The zero-order chi connectivity index (χ0) is 23.2. The van der Waals surface area contributed by atoms with Gasteiger partial charge in [-0.05, 0) is 35.0 Å². The maximum Gasteiger partial charge on any atom is 0.262 e. The summed E-state index contributed by atoms with van der Waals surface area (Å²) in [4.78, 5) is 14.3. The van der Waals surface area contributed by atoms with Crippen molar-refractivity contribution in [1.29, 1.82) is 0 Å². The second-order valence-electron chi connectivity index (χ2n) is 7.07. The molecule has 0 saturated carbocycles. The molecule has 0 unspecified atom stereocenters. The number of nitrogens with one attached hydrogen (secondary N) is 1. The predicted octanol–water partition coefficient (Wildman–Crippen LogP) is 1.69. The van der Waals surface area contributed by atoms with Gasteiger partial charge in [0, 0.05) is 23.1 Å². The molecule has 1 amide bonds. The second kappa shape index (κ2) is 7.29. The summed E-state index contributed by atoms with van der Waals surface area (Å²) in [5.74, 6) is 0.599. The molecule has 0 saturated heterocycles. The first kappa shape index (κ1) is 15.2. The molecule has 3 heterocycles. The SMILES string of the molecule is [2H]C([2H])([2H])n1nnc(C[C@H]2COc3cc(F)ccc3N2Cc2ccc3c(c2)NC(=O)CO3)n1. The highest BCUT2D eigenvalue weighted by molar-refractivity contribution is 5.95. The Morgan fingerprint density at radius 1 is 1.27 bits per heavy atom. The molecule has 30 heavy (non-hydrogen) atoms. The fraction of sp³-hybridized carbons (Fsp3) is 0.300. The number of carbonyl (C=O) groups is 1.